The third-order valence-corrected chi connectivity index (χ3v) is 4.50. The lowest BCUT2D eigenvalue weighted by Crippen LogP contribution is -2.34. The molecule has 0 saturated heterocycles. The molecule has 0 fully saturated rings. The summed E-state index contributed by atoms with van der Waals surface area (Å²) in [5.41, 5.74) is 2.73. The highest BCUT2D eigenvalue weighted by Gasteiger charge is 2.17. The summed E-state index contributed by atoms with van der Waals surface area (Å²) in [6, 6.07) is 10.5. The van der Waals surface area contributed by atoms with Crippen molar-refractivity contribution in [2.45, 2.75) is 39.4 Å². The largest absolute Gasteiger partial charge is 0.444 e. The number of alkyl carbamates (subject to hydrolysis) is 1. The van der Waals surface area contributed by atoms with Crippen LogP contribution in [0.1, 0.15) is 32.8 Å². The Morgan fingerprint density at radius 1 is 1.19 bits per heavy atom. The molecule has 0 radical (unpaired) electrons. The molecule has 8 nitrogen and oxygen atoms in total. The van der Waals surface area contributed by atoms with E-state index in [2.05, 4.69) is 20.6 Å². The molecule has 0 aliphatic heterocycles. The van der Waals surface area contributed by atoms with E-state index in [4.69, 9.17) is 16.3 Å². The number of rotatable bonds is 6. The maximum absolute atomic E-state index is 12.4. The summed E-state index contributed by atoms with van der Waals surface area (Å²) in [6.45, 7) is 5.29. The van der Waals surface area contributed by atoms with E-state index in [1.165, 1.54) is 0 Å². The molecular weight excluding hydrogens is 420 g/mol. The number of aliphatic hydroxyl groups excluding tert-OH is 1. The standard InChI is InChI=1S/C22H25ClN4O4/c1-22(2,3)31-21(30)24-9-8-19(29)25-16-6-4-13(12-28)10-15(16)20-26-17-7-5-14(23)11-18(17)27-20/h4-7,10-11,28H,8-9,12H2,1-3H3,(H,24,30)(H,25,29)(H,26,27). The summed E-state index contributed by atoms with van der Waals surface area (Å²) in [5.74, 6) is 0.253. The van der Waals surface area contributed by atoms with Crippen molar-refractivity contribution in [1.82, 2.24) is 15.3 Å². The highest BCUT2D eigenvalue weighted by Crippen LogP contribution is 2.30. The Morgan fingerprint density at radius 2 is 1.97 bits per heavy atom. The quantitative estimate of drug-likeness (QED) is 0.454. The molecular formula is C22H25ClN4O4. The molecule has 0 atom stereocenters. The molecule has 0 spiro atoms. The number of aromatic amines is 1. The van der Waals surface area contributed by atoms with Crippen LogP contribution in [0.4, 0.5) is 10.5 Å². The van der Waals surface area contributed by atoms with Crippen molar-refractivity contribution >= 4 is 40.3 Å². The second kappa shape index (κ2) is 9.36. The maximum atomic E-state index is 12.4. The smallest absolute Gasteiger partial charge is 0.407 e. The molecule has 0 unspecified atom stereocenters. The Bertz CT molecular complexity index is 1100. The Labute approximate surface area is 185 Å². The molecule has 0 bridgehead atoms. The Hall–Kier alpha value is -3.10. The normalized spacial score (nSPS) is 11.4. The SMILES string of the molecule is CC(C)(C)OC(=O)NCCC(=O)Nc1ccc(CO)cc1-c1nc2ccc(Cl)cc2[nH]1. The number of benzene rings is 2. The van der Waals surface area contributed by atoms with E-state index >= 15 is 0 Å². The van der Waals surface area contributed by atoms with Gasteiger partial charge in [0.25, 0.3) is 0 Å². The highest BCUT2D eigenvalue weighted by atomic mass is 35.5. The Morgan fingerprint density at radius 3 is 2.68 bits per heavy atom. The first-order chi connectivity index (χ1) is 14.6. The van der Waals surface area contributed by atoms with Gasteiger partial charge in [0.2, 0.25) is 5.91 Å². The number of imidazole rings is 1. The van der Waals surface area contributed by atoms with Crippen molar-refractivity contribution in [1.29, 1.82) is 0 Å². The number of ether oxygens (including phenoxy) is 1. The fourth-order valence-corrected chi connectivity index (χ4v) is 3.08. The molecule has 3 aromatic rings. The minimum absolute atomic E-state index is 0.0656. The zero-order valence-electron chi connectivity index (χ0n) is 17.6. The van der Waals surface area contributed by atoms with E-state index < -0.39 is 11.7 Å². The zero-order valence-corrected chi connectivity index (χ0v) is 18.3. The van der Waals surface area contributed by atoms with E-state index in [1.54, 1.807) is 57.2 Å². The summed E-state index contributed by atoms with van der Waals surface area (Å²) in [6.07, 6.45) is -0.509. The maximum Gasteiger partial charge on any atom is 0.407 e. The second-order valence-electron chi connectivity index (χ2n) is 8.01. The van der Waals surface area contributed by atoms with Gasteiger partial charge in [0.15, 0.2) is 0 Å². The van der Waals surface area contributed by atoms with Crippen molar-refractivity contribution in [3.05, 3.63) is 47.0 Å². The lowest BCUT2D eigenvalue weighted by atomic mass is 10.1. The van der Waals surface area contributed by atoms with E-state index in [9.17, 15) is 14.7 Å². The van der Waals surface area contributed by atoms with Gasteiger partial charge in [-0.2, -0.15) is 0 Å². The monoisotopic (exact) mass is 444 g/mol. The number of halogens is 1. The summed E-state index contributed by atoms with van der Waals surface area (Å²) >= 11 is 6.05. The number of aliphatic hydroxyl groups is 1. The summed E-state index contributed by atoms with van der Waals surface area (Å²) in [7, 11) is 0. The van der Waals surface area contributed by atoms with E-state index in [1.807, 2.05) is 0 Å². The van der Waals surface area contributed by atoms with Crippen LogP contribution in [0.25, 0.3) is 22.4 Å². The molecule has 0 saturated carbocycles. The number of aromatic nitrogens is 2. The average Bonchev–Trinajstić information content (AvgIpc) is 3.09. The Kier molecular flexibility index (Phi) is 6.82. The summed E-state index contributed by atoms with van der Waals surface area (Å²) in [4.78, 5) is 31.9. The van der Waals surface area contributed by atoms with Gasteiger partial charge in [-0.25, -0.2) is 9.78 Å². The molecule has 0 aliphatic rings. The number of amides is 2. The van der Waals surface area contributed by atoms with Gasteiger partial charge in [-0.05, 0) is 56.7 Å². The van der Waals surface area contributed by atoms with Gasteiger partial charge >= 0.3 is 6.09 Å². The van der Waals surface area contributed by atoms with Crippen LogP contribution in [-0.4, -0.2) is 39.2 Å². The Balaban J connectivity index is 1.74. The third kappa shape index (κ3) is 6.19. The van der Waals surface area contributed by atoms with Crippen molar-refractivity contribution in [3.63, 3.8) is 0 Å². The van der Waals surface area contributed by atoms with E-state index in [0.29, 0.717) is 27.7 Å². The fourth-order valence-electron chi connectivity index (χ4n) is 2.91. The summed E-state index contributed by atoms with van der Waals surface area (Å²) in [5, 5.41) is 15.5. The van der Waals surface area contributed by atoms with Crippen LogP contribution in [0.3, 0.4) is 0 Å². The van der Waals surface area contributed by atoms with Crippen molar-refractivity contribution in [2.24, 2.45) is 0 Å². The molecule has 3 rings (SSSR count). The van der Waals surface area contributed by atoms with Crippen molar-refractivity contribution in [3.8, 4) is 11.4 Å². The number of carbonyl (C=O) groups is 2. The number of carbonyl (C=O) groups excluding carboxylic acids is 2. The lowest BCUT2D eigenvalue weighted by Gasteiger charge is -2.19. The van der Waals surface area contributed by atoms with Crippen molar-refractivity contribution < 1.29 is 19.4 Å². The van der Waals surface area contributed by atoms with Gasteiger partial charge in [0.05, 0.1) is 23.3 Å². The molecule has 1 aromatic heterocycles. The predicted molar refractivity (Wildman–Crippen MR) is 120 cm³/mol. The van der Waals surface area contributed by atoms with Gasteiger partial charge in [0, 0.05) is 23.6 Å². The van der Waals surface area contributed by atoms with Gasteiger partial charge in [-0.1, -0.05) is 17.7 Å². The van der Waals surface area contributed by atoms with E-state index in [-0.39, 0.29) is 25.5 Å². The van der Waals surface area contributed by atoms with Gasteiger partial charge in [-0.15, -0.1) is 0 Å². The minimum atomic E-state index is -0.605. The lowest BCUT2D eigenvalue weighted by molar-refractivity contribution is -0.116. The first kappa shape index (κ1) is 22.6. The first-order valence-electron chi connectivity index (χ1n) is 9.81. The van der Waals surface area contributed by atoms with E-state index in [0.717, 1.165) is 11.0 Å². The number of H-pyrrole nitrogens is 1. The molecule has 1 heterocycles. The van der Waals surface area contributed by atoms with Crippen LogP contribution >= 0.6 is 11.6 Å². The highest BCUT2D eigenvalue weighted by molar-refractivity contribution is 6.31. The number of hydrogen-bond donors (Lipinski definition) is 4. The van der Waals surface area contributed by atoms with Crippen LogP contribution < -0.4 is 10.6 Å². The second-order valence-corrected chi connectivity index (χ2v) is 8.45. The number of anilines is 1. The summed E-state index contributed by atoms with van der Waals surface area (Å²) < 4.78 is 5.15. The topological polar surface area (TPSA) is 116 Å². The molecule has 2 amide bonds. The van der Waals surface area contributed by atoms with Gasteiger partial charge in [0.1, 0.15) is 11.4 Å². The number of nitrogens with zero attached hydrogens (tertiary/aromatic N) is 1. The number of fused-ring (bicyclic) bond motifs is 1. The molecule has 31 heavy (non-hydrogen) atoms. The number of hydrogen-bond acceptors (Lipinski definition) is 5. The van der Waals surface area contributed by atoms with Gasteiger partial charge in [-0.3, -0.25) is 4.79 Å². The van der Waals surface area contributed by atoms with Crippen LogP contribution in [0.2, 0.25) is 5.02 Å². The fraction of sp³-hybridized carbons (Fsp3) is 0.318. The molecule has 4 N–H and O–H groups in total. The first-order valence-corrected chi connectivity index (χ1v) is 10.2. The zero-order chi connectivity index (χ0) is 22.6. The average molecular weight is 445 g/mol. The minimum Gasteiger partial charge on any atom is -0.444 e. The molecule has 0 aliphatic carbocycles. The van der Waals surface area contributed by atoms with Crippen LogP contribution in [-0.2, 0) is 16.1 Å². The van der Waals surface area contributed by atoms with Crippen molar-refractivity contribution in [2.75, 3.05) is 11.9 Å². The molecule has 164 valence electrons. The number of nitrogens with one attached hydrogen (secondary N) is 3. The van der Waals surface area contributed by atoms with Crippen LogP contribution in [0.5, 0.6) is 0 Å². The third-order valence-electron chi connectivity index (χ3n) is 4.26. The van der Waals surface area contributed by atoms with Crippen LogP contribution in [0.15, 0.2) is 36.4 Å². The predicted octanol–water partition coefficient (Wildman–Crippen LogP) is 4.23. The molecule has 2 aromatic carbocycles. The van der Waals surface area contributed by atoms with Crippen LogP contribution in [0, 0.1) is 0 Å². The van der Waals surface area contributed by atoms with Gasteiger partial charge < -0.3 is 25.5 Å². The molecule has 9 heteroatoms.